The second-order valence-corrected chi connectivity index (χ2v) is 27.1. The fourth-order valence-electron chi connectivity index (χ4n) is 5.04. The number of aldehydes is 4. The van der Waals surface area contributed by atoms with Crippen LogP contribution in [-0.4, -0.2) is 132 Å². The predicted molar refractivity (Wildman–Crippen MR) is 347 cm³/mol. The third-order valence-electron chi connectivity index (χ3n) is 9.07. The van der Waals surface area contributed by atoms with Gasteiger partial charge >= 0.3 is 9.33 Å². The Balaban J connectivity index is -0.000000317. The first-order valence-electron chi connectivity index (χ1n) is 24.4. The lowest BCUT2D eigenvalue weighted by atomic mass is 10.2. The molecule has 0 fully saturated rings. The summed E-state index contributed by atoms with van der Waals surface area (Å²) in [5.41, 5.74) is 2.79. The Morgan fingerprint density at radius 3 is 0.922 bits per heavy atom. The Hall–Kier alpha value is -6.33. The van der Waals surface area contributed by atoms with E-state index in [0.29, 0.717) is 74.6 Å². The van der Waals surface area contributed by atoms with E-state index < -0.39 is 58.0 Å². The molecular weight excluding hydrogens is 1390 g/mol. The van der Waals surface area contributed by atoms with Gasteiger partial charge in [-0.15, -0.1) is 0 Å². The van der Waals surface area contributed by atoms with Gasteiger partial charge in [0.1, 0.15) is 31.9 Å². The maximum atomic E-state index is 11.8. The molecule has 3 N–H and O–H groups in total. The summed E-state index contributed by atoms with van der Waals surface area (Å²) in [5.74, 6) is 0. The molecule has 0 aromatic heterocycles. The van der Waals surface area contributed by atoms with Crippen molar-refractivity contribution in [1.29, 1.82) is 0 Å². The smallest absolute Gasteiger partial charge is 0.353 e. The van der Waals surface area contributed by atoms with Crippen LogP contribution in [0.15, 0.2) is 192 Å². The van der Waals surface area contributed by atoms with Crippen LogP contribution in [0.2, 0.25) is 0 Å². The molecule has 24 nitrogen and oxygen atoms in total. The lowest BCUT2D eigenvalue weighted by molar-refractivity contribution is -0.0980. The predicted octanol–water partition coefficient (Wildman–Crippen LogP) is 11.2. The van der Waals surface area contributed by atoms with Gasteiger partial charge in [-0.25, -0.2) is 12.6 Å². The van der Waals surface area contributed by atoms with E-state index in [0.717, 1.165) is 36.7 Å². The van der Waals surface area contributed by atoms with Gasteiger partial charge in [0.2, 0.25) is 9.23 Å². The zero-order valence-corrected chi connectivity index (χ0v) is 55.1. The highest BCUT2D eigenvalue weighted by molar-refractivity contribution is 8.26. The third-order valence-corrected chi connectivity index (χ3v) is 14.0. The molecule has 90 heavy (non-hydrogen) atoms. The summed E-state index contributed by atoms with van der Waals surface area (Å²) in [6.07, 6.45) is 12.8. The quantitative estimate of drug-likeness (QED) is 0.0105. The molecule has 0 unspecified atom stereocenters. The summed E-state index contributed by atoms with van der Waals surface area (Å²) in [4.78, 5) is 48.8. The van der Waals surface area contributed by atoms with Crippen molar-refractivity contribution in [3.63, 3.8) is 0 Å². The number of hydrogen-bond acceptors (Lipinski definition) is 22. The highest BCUT2D eigenvalue weighted by Crippen LogP contribution is 2.17. The number of halogens is 4. The molecule has 0 radical (unpaired) electrons. The number of hydrogen-bond donors (Lipinski definition) is 3. The second kappa shape index (κ2) is 55.5. The molecule has 0 aliphatic rings. The van der Waals surface area contributed by atoms with Gasteiger partial charge in [-0.3, -0.25) is 36.6 Å². The van der Waals surface area contributed by atoms with Gasteiger partial charge in [-0.1, -0.05) is 119 Å². The number of unbranched alkanes of at least 4 members (excludes halogenated alkanes) is 3. The van der Waals surface area contributed by atoms with E-state index in [1.54, 1.807) is 30.3 Å². The van der Waals surface area contributed by atoms with Gasteiger partial charge in [-0.2, -0.15) is 33.7 Å². The Bertz CT molecular complexity index is 3210. The lowest BCUT2D eigenvalue weighted by Gasteiger charge is -2.06. The van der Waals surface area contributed by atoms with E-state index in [9.17, 15) is 52.8 Å². The number of ether oxygens (including phenoxy) is 3. The molecule has 34 heteroatoms. The minimum absolute atomic E-state index is 0. The topological polar surface area (TPSA) is 380 Å². The Kier molecular flexibility index (Phi) is 57.0. The summed E-state index contributed by atoms with van der Waals surface area (Å²) >= 11 is 0. The molecule has 5 aromatic carbocycles. The van der Waals surface area contributed by atoms with Crippen LogP contribution < -0.4 is 0 Å². The summed E-state index contributed by atoms with van der Waals surface area (Å²) < 4.78 is 157. The van der Waals surface area contributed by atoms with E-state index in [1.807, 2.05) is 25.0 Å². The molecule has 0 saturated heterocycles. The molecule has 0 aliphatic heterocycles. The van der Waals surface area contributed by atoms with Crippen LogP contribution in [0.4, 0.5) is 0 Å². The zero-order valence-electron chi connectivity index (χ0n) is 47.1. The second-order valence-electron chi connectivity index (χ2n) is 15.4. The number of aliphatic hydroxyl groups is 1. The van der Waals surface area contributed by atoms with Gasteiger partial charge in [-0.05, 0) is 92.6 Å². The highest BCUT2D eigenvalue weighted by atomic mass is 36.0. The lowest BCUT2D eigenvalue weighted by Crippen LogP contribution is -2.08. The molecule has 0 bridgehead atoms. The molecule has 0 spiro atoms. The van der Waals surface area contributed by atoms with E-state index in [-0.39, 0.29) is 46.8 Å². The van der Waals surface area contributed by atoms with E-state index in [4.69, 9.17) is 64.9 Å². The molecule has 5 rings (SSSR count). The van der Waals surface area contributed by atoms with Crippen LogP contribution in [-0.2, 0) is 85.3 Å². The number of benzene rings is 5. The summed E-state index contributed by atoms with van der Waals surface area (Å²) in [6.45, 7) is 18.0. The van der Waals surface area contributed by atoms with Crippen LogP contribution in [0.3, 0.4) is 0 Å². The Morgan fingerprint density at radius 1 is 0.422 bits per heavy atom. The van der Waals surface area contributed by atoms with E-state index in [1.165, 1.54) is 104 Å². The SMILES string of the molecule is C.C=COCCCCO.C=COCCCCOS(=O)(=O)c1ccc(C=C)cc1.C=COCCCCOS(=O)(=O)c1ccc(C=O)cc1.C=O.O=Cc1ccc(S(=O)(=O)Cl)cc1.O=Cc1ccc(S(=O)(=O)O)cc1.O=Cc1ccccc1.O=S(=O)(O)Cl.O=S(Cl)Cl. The zero-order chi connectivity index (χ0) is 68.8. The molecule has 0 aliphatic carbocycles. The average molecular weight is 1460 g/mol. The minimum atomic E-state index is -4.19. The Morgan fingerprint density at radius 2 is 0.678 bits per heavy atom. The fraction of sp³-hybridized carbons (Fsp3) is 0.232. The number of aliphatic hydroxyl groups excluding tert-OH is 1. The van der Waals surface area contributed by atoms with Crippen LogP contribution in [0, 0.1) is 0 Å². The molecule has 0 amide bonds. The normalized spacial score (nSPS) is 10.2. The number of carbonyl (C=O) groups excluding carboxylic acids is 5. The molecular formula is C56H70Cl4O24S6. The summed E-state index contributed by atoms with van der Waals surface area (Å²) in [6, 6.07) is 31.3. The number of rotatable bonds is 28. The third kappa shape index (κ3) is 54.6. The van der Waals surface area contributed by atoms with Crippen molar-refractivity contribution >= 4 is 139 Å². The Labute approximate surface area is 547 Å². The summed E-state index contributed by atoms with van der Waals surface area (Å²) in [5, 5.41) is 8.28. The first kappa shape index (κ1) is 92.4. The largest absolute Gasteiger partial charge is 0.502 e. The van der Waals surface area contributed by atoms with E-state index >= 15 is 0 Å². The van der Waals surface area contributed by atoms with Crippen LogP contribution in [0.5, 0.6) is 0 Å². The van der Waals surface area contributed by atoms with Crippen molar-refractivity contribution in [1.82, 2.24) is 0 Å². The maximum Gasteiger partial charge on any atom is 0.353 e. The molecule has 5 aromatic rings. The standard InChI is InChI=1S/C14H18O4S.C13H16O5S.C7H5ClO3S.C7H6O4S.C7H6O.C6H12O2.CH2O.CH4.Cl2OS.ClHO3S/c1-3-13-7-9-14(10-8-13)19(15,16)18-12-6-5-11-17-4-2;1-2-17-9-3-4-10-18-19(15,16)13-7-5-12(11-14)6-8-13;8-12(10,11)7-3-1-6(5-9)2-4-7;8-5-6-1-3-7(4-2-6)12(9,10)11;8-6-7-4-2-1-3-5-7;1-2-8-6-4-3-5-7;1-2;;1-4(2)3;1-5(2,3)4/h3-4,7-10H,1-2,5-6,11-12H2;2,5-8,11H,1,3-4,9-10H2;1-5H;1-5H,(H,9,10,11);1-6H;2,7H,1,3-6H2;1H2;1H4;;(H,2,3,4). The van der Waals surface area contributed by atoms with Crippen molar-refractivity contribution in [2.24, 2.45) is 0 Å². The average Bonchev–Trinajstić information content (AvgIpc) is 1.19. The fourth-order valence-corrected chi connectivity index (χ4v) is 8.17. The molecule has 0 saturated carbocycles. The van der Waals surface area contributed by atoms with Gasteiger partial charge < -0.3 is 24.1 Å². The first-order chi connectivity index (χ1) is 41.8. The van der Waals surface area contributed by atoms with Crippen LogP contribution >= 0.6 is 42.7 Å². The van der Waals surface area contributed by atoms with E-state index in [2.05, 4.69) is 58.4 Å². The highest BCUT2D eigenvalue weighted by Gasteiger charge is 2.16. The van der Waals surface area contributed by atoms with Crippen LogP contribution in [0.1, 0.15) is 92.9 Å². The molecule has 502 valence electrons. The van der Waals surface area contributed by atoms with Crippen molar-refractivity contribution in [2.75, 3.05) is 39.6 Å². The van der Waals surface area contributed by atoms with Crippen LogP contribution in [0.25, 0.3) is 6.08 Å². The monoisotopic (exact) mass is 1460 g/mol. The van der Waals surface area contributed by atoms with Crippen molar-refractivity contribution in [3.05, 3.63) is 200 Å². The van der Waals surface area contributed by atoms with Gasteiger partial charge in [0.15, 0.2) is 0 Å². The molecule has 0 heterocycles. The maximum absolute atomic E-state index is 11.8. The first-order valence-corrected chi connectivity index (χ1v) is 36.1. The summed E-state index contributed by atoms with van der Waals surface area (Å²) in [7, 11) is -2.98. The van der Waals surface area contributed by atoms with Gasteiger partial charge in [0.25, 0.3) is 39.4 Å². The van der Waals surface area contributed by atoms with Crippen molar-refractivity contribution in [3.8, 4) is 0 Å². The number of carbonyl (C=O) groups is 5. The van der Waals surface area contributed by atoms with Gasteiger partial charge in [0, 0.05) is 71.6 Å². The minimum Gasteiger partial charge on any atom is -0.502 e. The van der Waals surface area contributed by atoms with Gasteiger partial charge in [0.05, 0.1) is 71.4 Å². The molecule has 0 atom stereocenters. The van der Waals surface area contributed by atoms with Crippen molar-refractivity contribution < 1.29 is 107 Å². The van der Waals surface area contributed by atoms with Crippen molar-refractivity contribution in [2.45, 2.75) is 65.5 Å².